The van der Waals surface area contributed by atoms with E-state index in [-0.39, 0.29) is 0 Å². The summed E-state index contributed by atoms with van der Waals surface area (Å²) in [5.74, 6) is -0.858. The van der Waals surface area contributed by atoms with Gasteiger partial charge in [0.25, 0.3) is 0 Å². The molecule has 0 unspecified atom stereocenters. The van der Waals surface area contributed by atoms with Gasteiger partial charge in [0.15, 0.2) is 0 Å². The zero-order valence-corrected chi connectivity index (χ0v) is 12.8. The van der Waals surface area contributed by atoms with Crippen LogP contribution < -0.4 is 0 Å². The molecule has 0 saturated carbocycles. The highest BCUT2D eigenvalue weighted by Crippen LogP contribution is 2.34. The van der Waals surface area contributed by atoms with E-state index in [1.807, 2.05) is 12.1 Å². The Hall–Kier alpha value is -2.35. The van der Waals surface area contributed by atoms with E-state index < -0.39 is 5.97 Å². The maximum Gasteiger partial charge on any atom is 0.335 e. The Bertz CT molecular complexity index is 741. The van der Waals surface area contributed by atoms with Crippen LogP contribution in [0.4, 0.5) is 0 Å². The molecule has 0 aliphatic heterocycles. The van der Waals surface area contributed by atoms with Crippen molar-refractivity contribution in [2.24, 2.45) is 0 Å². The average molecular weight is 292 g/mol. The summed E-state index contributed by atoms with van der Waals surface area (Å²) in [6.45, 7) is 2.17. The summed E-state index contributed by atoms with van der Waals surface area (Å²) in [5, 5.41) is 9.22. The van der Waals surface area contributed by atoms with Crippen molar-refractivity contribution in [2.75, 3.05) is 0 Å². The Morgan fingerprint density at radius 1 is 1.09 bits per heavy atom. The number of fused-ring (bicyclic) bond motifs is 2. The van der Waals surface area contributed by atoms with Crippen LogP contribution in [-0.4, -0.2) is 11.1 Å². The minimum atomic E-state index is -0.858. The van der Waals surface area contributed by atoms with Crippen LogP contribution in [0.1, 0.15) is 52.4 Å². The Kier molecular flexibility index (Phi) is 4.10. The Balaban J connectivity index is 2.17. The highest BCUT2D eigenvalue weighted by molar-refractivity contribution is 5.90. The molecule has 2 aromatic rings. The summed E-state index contributed by atoms with van der Waals surface area (Å²) in [5.41, 5.74) is 6.58. The molecule has 112 valence electrons. The molecule has 0 bridgehead atoms. The van der Waals surface area contributed by atoms with Gasteiger partial charge in [-0.3, -0.25) is 0 Å². The molecule has 1 aliphatic rings. The molecule has 2 aromatic carbocycles. The molecule has 0 saturated heterocycles. The molecule has 1 aliphatic carbocycles. The molecule has 2 heteroatoms. The van der Waals surface area contributed by atoms with Gasteiger partial charge in [0.2, 0.25) is 0 Å². The number of unbranched alkanes of at least 4 members (excludes halogenated alkanes) is 1. The van der Waals surface area contributed by atoms with E-state index in [9.17, 15) is 9.90 Å². The van der Waals surface area contributed by atoms with Crippen LogP contribution in [-0.2, 0) is 12.8 Å². The molecular formula is C20H20O2. The van der Waals surface area contributed by atoms with Gasteiger partial charge >= 0.3 is 5.97 Å². The topological polar surface area (TPSA) is 37.3 Å². The lowest BCUT2D eigenvalue weighted by atomic mass is 9.92. The second kappa shape index (κ2) is 6.18. The van der Waals surface area contributed by atoms with Crippen LogP contribution in [0.3, 0.4) is 0 Å². The maximum absolute atomic E-state index is 11.2. The molecule has 0 atom stereocenters. The van der Waals surface area contributed by atoms with Crippen molar-refractivity contribution in [1.82, 2.24) is 0 Å². The molecule has 0 spiro atoms. The molecule has 0 heterocycles. The number of aromatic carboxylic acids is 1. The van der Waals surface area contributed by atoms with Crippen LogP contribution in [0.25, 0.3) is 5.57 Å². The van der Waals surface area contributed by atoms with Crippen LogP contribution in [0.15, 0.2) is 48.5 Å². The molecule has 3 rings (SSSR count). The van der Waals surface area contributed by atoms with Gasteiger partial charge in [-0.1, -0.05) is 49.8 Å². The van der Waals surface area contributed by atoms with Crippen LogP contribution in [0, 0.1) is 0 Å². The van der Waals surface area contributed by atoms with Crippen molar-refractivity contribution in [2.45, 2.75) is 32.6 Å². The Morgan fingerprint density at radius 2 is 1.82 bits per heavy atom. The normalized spacial score (nSPS) is 15.0. The van der Waals surface area contributed by atoms with Crippen molar-refractivity contribution in [1.29, 1.82) is 0 Å². The second-order valence-corrected chi connectivity index (χ2v) is 5.74. The summed E-state index contributed by atoms with van der Waals surface area (Å²) >= 11 is 0. The van der Waals surface area contributed by atoms with E-state index in [0.717, 1.165) is 31.2 Å². The zero-order valence-electron chi connectivity index (χ0n) is 12.8. The number of carbonyl (C=O) groups is 1. The van der Waals surface area contributed by atoms with Gasteiger partial charge < -0.3 is 5.11 Å². The minimum Gasteiger partial charge on any atom is -0.478 e. The summed E-state index contributed by atoms with van der Waals surface area (Å²) in [7, 11) is 0. The first-order valence-electron chi connectivity index (χ1n) is 7.85. The van der Waals surface area contributed by atoms with E-state index in [0.29, 0.717) is 5.56 Å². The van der Waals surface area contributed by atoms with E-state index in [1.54, 1.807) is 6.07 Å². The van der Waals surface area contributed by atoms with Gasteiger partial charge in [0, 0.05) is 0 Å². The average Bonchev–Trinajstić information content (AvgIpc) is 2.69. The van der Waals surface area contributed by atoms with Gasteiger partial charge in [0.05, 0.1) is 5.56 Å². The Morgan fingerprint density at radius 3 is 2.59 bits per heavy atom. The number of aryl methyl sites for hydroxylation is 2. The van der Waals surface area contributed by atoms with Crippen LogP contribution in [0.5, 0.6) is 0 Å². The molecule has 0 fully saturated rings. The minimum absolute atomic E-state index is 0.375. The van der Waals surface area contributed by atoms with E-state index in [4.69, 9.17) is 0 Å². The van der Waals surface area contributed by atoms with E-state index in [1.165, 1.54) is 22.3 Å². The van der Waals surface area contributed by atoms with Crippen molar-refractivity contribution in [3.63, 3.8) is 0 Å². The molecule has 0 aromatic heterocycles. The predicted octanol–water partition coefficient (Wildman–Crippen LogP) is 4.72. The van der Waals surface area contributed by atoms with Crippen molar-refractivity contribution in [3.05, 3.63) is 76.4 Å². The number of carboxylic acids is 1. The number of hydrogen-bond donors (Lipinski definition) is 1. The summed E-state index contributed by atoms with van der Waals surface area (Å²) in [4.78, 5) is 11.2. The fourth-order valence-electron chi connectivity index (χ4n) is 3.12. The van der Waals surface area contributed by atoms with E-state index >= 15 is 0 Å². The summed E-state index contributed by atoms with van der Waals surface area (Å²) < 4.78 is 0. The quantitative estimate of drug-likeness (QED) is 0.889. The number of allylic oxidation sites excluding steroid dienone is 1. The van der Waals surface area contributed by atoms with Crippen molar-refractivity contribution >= 4 is 11.5 Å². The van der Waals surface area contributed by atoms with Gasteiger partial charge in [-0.25, -0.2) is 4.79 Å². The van der Waals surface area contributed by atoms with Gasteiger partial charge in [0.1, 0.15) is 0 Å². The van der Waals surface area contributed by atoms with Gasteiger partial charge in [-0.15, -0.1) is 0 Å². The number of benzene rings is 2. The Labute approximate surface area is 131 Å². The lowest BCUT2D eigenvalue weighted by Gasteiger charge is -2.12. The molecule has 2 nitrogen and oxygen atoms in total. The molecule has 1 N–H and O–H groups in total. The molecule has 0 radical (unpaired) electrons. The molecule has 0 amide bonds. The van der Waals surface area contributed by atoms with Crippen LogP contribution in [0.2, 0.25) is 0 Å². The molecule has 22 heavy (non-hydrogen) atoms. The second-order valence-electron chi connectivity index (χ2n) is 5.74. The van der Waals surface area contributed by atoms with Gasteiger partial charge in [-0.05, 0) is 59.2 Å². The zero-order chi connectivity index (χ0) is 15.5. The third-order valence-electron chi connectivity index (χ3n) is 4.25. The smallest absolute Gasteiger partial charge is 0.335 e. The van der Waals surface area contributed by atoms with E-state index in [2.05, 4.69) is 37.3 Å². The fourth-order valence-corrected chi connectivity index (χ4v) is 3.12. The third-order valence-corrected chi connectivity index (χ3v) is 4.25. The van der Waals surface area contributed by atoms with Gasteiger partial charge in [-0.2, -0.15) is 0 Å². The first-order chi connectivity index (χ1) is 10.7. The first-order valence-corrected chi connectivity index (χ1v) is 7.85. The summed E-state index contributed by atoms with van der Waals surface area (Å²) in [6, 6.07) is 14.0. The lowest BCUT2D eigenvalue weighted by Crippen LogP contribution is -2.00. The van der Waals surface area contributed by atoms with Crippen molar-refractivity contribution < 1.29 is 9.90 Å². The molecular weight excluding hydrogens is 272 g/mol. The fraction of sp³-hybridized carbons (Fsp3) is 0.250. The standard InChI is InChI=1S/C20H20O2/c1-2-3-7-19-17-8-5-4-6-14(17)9-10-15-13-16(20(21)22)11-12-18(15)19/h4-8,11-13H,2-3,9-10H2,1H3,(H,21,22). The maximum atomic E-state index is 11.2. The predicted molar refractivity (Wildman–Crippen MR) is 89.2 cm³/mol. The lowest BCUT2D eigenvalue weighted by molar-refractivity contribution is 0.0697. The monoisotopic (exact) mass is 292 g/mol. The highest BCUT2D eigenvalue weighted by Gasteiger charge is 2.18. The third kappa shape index (κ3) is 2.69. The largest absolute Gasteiger partial charge is 0.478 e. The highest BCUT2D eigenvalue weighted by atomic mass is 16.4. The number of rotatable bonds is 3. The van der Waals surface area contributed by atoms with Crippen molar-refractivity contribution in [3.8, 4) is 0 Å². The van der Waals surface area contributed by atoms with Crippen LogP contribution >= 0.6 is 0 Å². The SMILES string of the molecule is CCCC=C1c2ccccc2CCc2cc(C(=O)O)ccc21. The summed E-state index contributed by atoms with van der Waals surface area (Å²) in [6.07, 6.45) is 6.27. The number of hydrogen-bond acceptors (Lipinski definition) is 1. The first kappa shape index (κ1) is 14.6. The number of carboxylic acid groups (broad SMARTS) is 1.